The number of alkyl halides is 3. The van der Waals surface area contributed by atoms with E-state index in [0.29, 0.717) is 12.1 Å². The lowest BCUT2D eigenvalue weighted by Gasteiger charge is -2.45. The lowest BCUT2D eigenvalue weighted by atomic mass is 9.86. The highest BCUT2D eigenvalue weighted by Crippen LogP contribution is 2.25. The molecule has 0 atom stereocenters. The van der Waals surface area contributed by atoms with Crippen molar-refractivity contribution in [2.24, 2.45) is 5.73 Å². The van der Waals surface area contributed by atoms with Crippen LogP contribution >= 0.6 is 0 Å². The van der Waals surface area contributed by atoms with Crippen molar-refractivity contribution >= 4 is 0 Å². The monoisotopic (exact) mass is 251 g/mol. The van der Waals surface area contributed by atoms with Gasteiger partial charge in [-0.2, -0.15) is 13.2 Å². The van der Waals surface area contributed by atoms with Crippen LogP contribution in [0.15, 0.2) is 0 Å². The normalized spacial score (nSPS) is 32.5. The molecule has 1 heterocycles. The van der Waals surface area contributed by atoms with Crippen molar-refractivity contribution in [3.8, 4) is 0 Å². The third-order valence-electron chi connectivity index (χ3n) is 3.78. The van der Waals surface area contributed by atoms with E-state index >= 15 is 0 Å². The van der Waals surface area contributed by atoms with Crippen molar-refractivity contribution in [3.05, 3.63) is 0 Å². The van der Waals surface area contributed by atoms with Gasteiger partial charge in [0.15, 0.2) is 0 Å². The van der Waals surface area contributed by atoms with Crippen LogP contribution in [0.2, 0.25) is 0 Å². The molecular weight excluding hydrogens is 231 g/mol. The fourth-order valence-electron chi connectivity index (χ4n) is 2.57. The molecule has 100 valence electrons. The summed E-state index contributed by atoms with van der Waals surface area (Å²) in [7, 11) is 0. The lowest BCUT2D eigenvalue weighted by molar-refractivity contribution is -0.139. The molecule has 3 nitrogen and oxygen atoms in total. The quantitative estimate of drug-likeness (QED) is 0.813. The van der Waals surface area contributed by atoms with Gasteiger partial charge < -0.3 is 10.6 Å². The highest BCUT2D eigenvalue weighted by Gasteiger charge is 2.33. The molecule has 2 aliphatic rings. The van der Waals surface area contributed by atoms with Crippen LogP contribution in [-0.4, -0.2) is 60.8 Å². The van der Waals surface area contributed by atoms with Crippen molar-refractivity contribution in [3.63, 3.8) is 0 Å². The molecule has 2 rings (SSSR count). The maximum atomic E-state index is 12.1. The Hall–Kier alpha value is -0.330. The summed E-state index contributed by atoms with van der Waals surface area (Å²) < 4.78 is 36.2. The van der Waals surface area contributed by atoms with Gasteiger partial charge in [0.05, 0.1) is 6.42 Å². The average Bonchev–Trinajstić information content (AvgIpc) is 2.22. The molecular formula is C11H20F3N3. The predicted octanol–water partition coefficient (Wildman–Crippen LogP) is 1.05. The maximum Gasteiger partial charge on any atom is 0.390 e. The topological polar surface area (TPSA) is 32.5 Å². The standard InChI is InChI=1S/C11H20F3N3/c12-11(13,14)1-2-16-3-5-17(6-4-16)10-7-9(15)8-10/h9-10H,1-8,15H2. The van der Waals surface area contributed by atoms with Crippen molar-refractivity contribution in [2.45, 2.75) is 37.5 Å². The van der Waals surface area contributed by atoms with Crippen molar-refractivity contribution in [1.29, 1.82) is 0 Å². The van der Waals surface area contributed by atoms with Crippen LogP contribution in [0.4, 0.5) is 13.2 Å². The Labute approximate surface area is 99.7 Å². The summed E-state index contributed by atoms with van der Waals surface area (Å²) in [6.07, 6.45) is -2.63. The van der Waals surface area contributed by atoms with E-state index < -0.39 is 12.6 Å². The molecule has 0 bridgehead atoms. The molecule has 0 aromatic rings. The molecule has 1 aliphatic carbocycles. The lowest BCUT2D eigenvalue weighted by Crippen LogP contribution is -2.57. The number of hydrogen-bond acceptors (Lipinski definition) is 3. The molecule has 1 saturated heterocycles. The van der Waals surface area contributed by atoms with Crippen LogP contribution < -0.4 is 5.73 Å². The molecule has 2 N–H and O–H groups in total. The van der Waals surface area contributed by atoms with Crippen molar-refractivity contribution in [2.75, 3.05) is 32.7 Å². The van der Waals surface area contributed by atoms with Gasteiger partial charge in [0, 0.05) is 44.8 Å². The van der Waals surface area contributed by atoms with Gasteiger partial charge in [0.2, 0.25) is 0 Å². The second kappa shape index (κ2) is 5.12. The first-order valence-electron chi connectivity index (χ1n) is 6.23. The average molecular weight is 251 g/mol. The minimum Gasteiger partial charge on any atom is -0.328 e. The van der Waals surface area contributed by atoms with Gasteiger partial charge >= 0.3 is 6.18 Å². The molecule has 2 fully saturated rings. The largest absolute Gasteiger partial charge is 0.390 e. The smallest absolute Gasteiger partial charge is 0.328 e. The van der Waals surface area contributed by atoms with E-state index in [1.807, 2.05) is 4.90 Å². The van der Waals surface area contributed by atoms with Gasteiger partial charge in [-0.3, -0.25) is 4.90 Å². The Morgan fingerprint density at radius 1 is 1.06 bits per heavy atom. The Morgan fingerprint density at radius 2 is 1.65 bits per heavy atom. The molecule has 0 amide bonds. The summed E-state index contributed by atoms with van der Waals surface area (Å²) in [5, 5.41) is 0. The van der Waals surface area contributed by atoms with E-state index in [2.05, 4.69) is 4.90 Å². The van der Waals surface area contributed by atoms with Crippen LogP contribution in [0.3, 0.4) is 0 Å². The van der Waals surface area contributed by atoms with Gasteiger partial charge in [-0.25, -0.2) is 0 Å². The summed E-state index contributed by atoms with van der Waals surface area (Å²) in [6, 6.07) is 0.915. The summed E-state index contributed by atoms with van der Waals surface area (Å²) in [6.45, 7) is 3.41. The molecule has 0 spiro atoms. The van der Waals surface area contributed by atoms with E-state index in [9.17, 15) is 13.2 Å². The van der Waals surface area contributed by atoms with E-state index in [1.54, 1.807) is 0 Å². The zero-order valence-corrected chi connectivity index (χ0v) is 9.92. The Kier molecular flexibility index (Phi) is 3.95. The van der Waals surface area contributed by atoms with Gasteiger partial charge in [0.25, 0.3) is 0 Å². The van der Waals surface area contributed by atoms with Crippen LogP contribution in [0.1, 0.15) is 19.3 Å². The molecule has 1 aliphatic heterocycles. The highest BCUT2D eigenvalue weighted by molar-refractivity contribution is 4.91. The Morgan fingerprint density at radius 3 is 2.12 bits per heavy atom. The zero-order valence-electron chi connectivity index (χ0n) is 9.92. The number of rotatable bonds is 3. The predicted molar refractivity (Wildman–Crippen MR) is 59.7 cm³/mol. The number of halogens is 3. The van der Waals surface area contributed by atoms with E-state index in [4.69, 9.17) is 5.73 Å². The van der Waals surface area contributed by atoms with E-state index in [0.717, 1.165) is 39.0 Å². The Bertz CT molecular complexity index is 243. The van der Waals surface area contributed by atoms with Crippen molar-refractivity contribution in [1.82, 2.24) is 9.80 Å². The minimum atomic E-state index is -4.03. The van der Waals surface area contributed by atoms with Gasteiger partial charge in [-0.15, -0.1) is 0 Å². The third kappa shape index (κ3) is 3.82. The zero-order chi connectivity index (χ0) is 12.5. The molecule has 0 aromatic carbocycles. The number of nitrogens with zero attached hydrogens (tertiary/aromatic N) is 2. The van der Waals surface area contributed by atoms with Crippen LogP contribution in [-0.2, 0) is 0 Å². The van der Waals surface area contributed by atoms with E-state index in [-0.39, 0.29) is 6.54 Å². The summed E-state index contributed by atoms with van der Waals surface area (Å²) in [5.74, 6) is 0. The van der Waals surface area contributed by atoms with Gasteiger partial charge in [-0.05, 0) is 12.8 Å². The maximum absolute atomic E-state index is 12.1. The number of nitrogens with two attached hydrogens (primary N) is 1. The first kappa shape index (κ1) is 13.1. The van der Waals surface area contributed by atoms with Crippen LogP contribution in [0.5, 0.6) is 0 Å². The minimum absolute atomic E-state index is 0.140. The first-order valence-corrected chi connectivity index (χ1v) is 6.23. The first-order chi connectivity index (χ1) is 7.94. The van der Waals surface area contributed by atoms with Crippen molar-refractivity contribution < 1.29 is 13.2 Å². The van der Waals surface area contributed by atoms with Crippen LogP contribution in [0.25, 0.3) is 0 Å². The third-order valence-corrected chi connectivity index (χ3v) is 3.78. The second-order valence-corrected chi connectivity index (χ2v) is 5.13. The molecule has 0 radical (unpaired) electrons. The second-order valence-electron chi connectivity index (χ2n) is 5.13. The molecule has 0 unspecified atom stereocenters. The fraction of sp³-hybridized carbons (Fsp3) is 1.00. The van der Waals surface area contributed by atoms with Gasteiger partial charge in [0.1, 0.15) is 0 Å². The molecule has 17 heavy (non-hydrogen) atoms. The molecule has 0 aromatic heterocycles. The fourth-order valence-corrected chi connectivity index (χ4v) is 2.57. The van der Waals surface area contributed by atoms with E-state index in [1.165, 1.54) is 0 Å². The highest BCUT2D eigenvalue weighted by atomic mass is 19.4. The SMILES string of the molecule is NC1CC(N2CCN(CCC(F)(F)F)CC2)C1. The summed E-state index contributed by atoms with van der Waals surface area (Å²) in [5.41, 5.74) is 5.74. The molecule has 6 heteroatoms. The number of piperazine rings is 1. The van der Waals surface area contributed by atoms with Gasteiger partial charge in [-0.1, -0.05) is 0 Å². The summed E-state index contributed by atoms with van der Waals surface area (Å²) >= 11 is 0. The summed E-state index contributed by atoms with van der Waals surface area (Å²) in [4.78, 5) is 4.27. The molecule has 1 saturated carbocycles. The Balaban J connectivity index is 1.64. The van der Waals surface area contributed by atoms with Crippen LogP contribution in [0, 0.1) is 0 Å². The number of hydrogen-bond donors (Lipinski definition) is 1.